The van der Waals surface area contributed by atoms with Crippen molar-refractivity contribution in [2.24, 2.45) is 10.7 Å². The molecule has 0 aliphatic carbocycles. The second-order valence-electron chi connectivity index (χ2n) is 7.36. The number of carbonyl (C=O) groups excluding carboxylic acids is 1. The highest BCUT2D eigenvalue weighted by molar-refractivity contribution is 6.35. The molecule has 0 fully saturated rings. The van der Waals surface area contributed by atoms with Gasteiger partial charge in [0.25, 0.3) is 5.91 Å². The average molecular weight is 541 g/mol. The number of rotatable bonds is 7. The normalized spacial score (nSPS) is 12.5. The number of nitrogens with two attached hydrogens (primary N) is 1. The first kappa shape index (κ1) is 26.6. The summed E-state index contributed by atoms with van der Waals surface area (Å²) < 4.78 is 39.2. The monoisotopic (exact) mass is 539 g/mol. The predicted molar refractivity (Wildman–Crippen MR) is 135 cm³/mol. The lowest BCUT2D eigenvalue weighted by molar-refractivity contribution is -0.0925. The van der Waals surface area contributed by atoms with Crippen molar-refractivity contribution in [1.82, 2.24) is 5.32 Å². The zero-order chi connectivity index (χ0) is 25.6. The van der Waals surface area contributed by atoms with Crippen LogP contribution in [0.5, 0.6) is 0 Å². The topological polar surface area (TPSA) is 67.5 Å². The number of benzene rings is 3. The Morgan fingerprint density at radius 1 is 0.943 bits per heavy atom. The number of hydrogen-bond donors (Lipinski definition) is 2. The molecule has 182 valence electrons. The third kappa shape index (κ3) is 7.49. The summed E-state index contributed by atoms with van der Waals surface area (Å²) in [6.07, 6.45) is -3.50. The Bertz CT molecular complexity index is 1270. The summed E-state index contributed by atoms with van der Waals surface area (Å²) in [5, 5.41) is 4.07. The highest BCUT2D eigenvalue weighted by atomic mass is 35.5. The molecule has 0 spiro atoms. The van der Waals surface area contributed by atoms with E-state index in [9.17, 15) is 18.0 Å². The van der Waals surface area contributed by atoms with Crippen LogP contribution in [0.3, 0.4) is 0 Å². The predicted octanol–water partition coefficient (Wildman–Crippen LogP) is 7.15. The van der Waals surface area contributed by atoms with Gasteiger partial charge >= 0.3 is 6.18 Å². The maximum atomic E-state index is 13.1. The second kappa shape index (κ2) is 11.6. The van der Waals surface area contributed by atoms with Gasteiger partial charge in [0.15, 0.2) is 0 Å². The maximum Gasteiger partial charge on any atom is 0.430 e. The van der Waals surface area contributed by atoms with Crippen LogP contribution in [0.4, 0.5) is 18.9 Å². The summed E-state index contributed by atoms with van der Waals surface area (Å²) in [7, 11) is 0. The van der Waals surface area contributed by atoms with Gasteiger partial charge in [-0.2, -0.15) is 13.2 Å². The Kier molecular flexibility index (Phi) is 8.83. The minimum Gasteiger partial charge on any atom is -0.395 e. The Morgan fingerprint density at radius 2 is 1.60 bits per heavy atom. The molecule has 10 heteroatoms. The van der Waals surface area contributed by atoms with E-state index < -0.39 is 11.9 Å². The summed E-state index contributed by atoms with van der Waals surface area (Å²) in [4.78, 5) is 16.8. The quantitative estimate of drug-likeness (QED) is 0.313. The SMILES string of the molecule is N/C(=C\C(=Nc1ccccc1Cl)c1ccc(C(=O)NCCc2ccc(Cl)cc2Cl)cc1)C(F)(F)F. The molecule has 0 bridgehead atoms. The fraction of sp³-hybridized carbons (Fsp3) is 0.120. The molecule has 0 aromatic heterocycles. The summed E-state index contributed by atoms with van der Waals surface area (Å²) in [5.41, 5.74) is 5.60. The van der Waals surface area contributed by atoms with Crippen LogP contribution in [-0.4, -0.2) is 24.3 Å². The van der Waals surface area contributed by atoms with E-state index in [-0.39, 0.29) is 22.3 Å². The molecule has 0 unspecified atom stereocenters. The lowest BCUT2D eigenvalue weighted by atomic mass is 10.1. The Hall–Kier alpha value is -3.00. The standard InChI is InChI=1S/C25H19Cl3F3N3O/c26-18-10-9-15(20(28)13-18)11-12-33-24(35)17-7-5-16(6-8-17)22(14-23(32)25(29,30)31)34-21-4-2-1-3-19(21)27/h1-10,13-14H,11-12,32H2,(H,33,35)/b23-14-,34-22?. The zero-order valence-electron chi connectivity index (χ0n) is 18.0. The van der Waals surface area contributed by atoms with Gasteiger partial charge < -0.3 is 11.1 Å². The number of hydrogen-bond acceptors (Lipinski definition) is 3. The third-order valence-electron chi connectivity index (χ3n) is 4.85. The van der Waals surface area contributed by atoms with E-state index in [1.807, 2.05) is 0 Å². The summed E-state index contributed by atoms with van der Waals surface area (Å²) in [6.45, 7) is 0.325. The van der Waals surface area contributed by atoms with Gasteiger partial charge in [0.2, 0.25) is 0 Å². The number of amides is 1. The molecule has 0 radical (unpaired) electrons. The first-order chi connectivity index (χ1) is 16.5. The minimum atomic E-state index is -4.73. The molecule has 1 amide bonds. The van der Waals surface area contributed by atoms with Crippen LogP contribution >= 0.6 is 34.8 Å². The Labute approximate surface area is 215 Å². The Balaban J connectivity index is 1.78. The number of aliphatic imine (C=N–C) groups is 1. The van der Waals surface area contributed by atoms with Gasteiger partial charge in [-0.1, -0.05) is 65.1 Å². The van der Waals surface area contributed by atoms with E-state index in [0.29, 0.717) is 34.1 Å². The summed E-state index contributed by atoms with van der Waals surface area (Å²) in [5.74, 6) is -0.350. The number of allylic oxidation sites excluding steroid dienone is 2. The van der Waals surface area contributed by atoms with Crippen molar-refractivity contribution < 1.29 is 18.0 Å². The molecular weight excluding hydrogens is 522 g/mol. The van der Waals surface area contributed by atoms with E-state index in [4.69, 9.17) is 40.5 Å². The van der Waals surface area contributed by atoms with Gasteiger partial charge in [0, 0.05) is 27.7 Å². The van der Waals surface area contributed by atoms with Crippen molar-refractivity contribution in [2.45, 2.75) is 12.6 Å². The van der Waals surface area contributed by atoms with Gasteiger partial charge in [0.05, 0.1) is 16.4 Å². The van der Waals surface area contributed by atoms with Crippen LogP contribution in [0.25, 0.3) is 0 Å². The van der Waals surface area contributed by atoms with E-state index in [1.165, 1.54) is 24.3 Å². The highest BCUT2D eigenvalue weighted by Gasteiger charge is 2.31. The van der Waals surface area contributed by atoms with Gasteiger partial charge in [-0.15, -0.1) is 0 Å². The van der Waals surface area contributed by atoms with Gasteiger partial charge in [-0.3, -0.25) is 4.79 Å². The van der Waals surface area contributed by atoms with Crippen LogP contribution < -0.4 is 11.1 Å². The number of nitrogens with zero attached hydrogens (tertiary/aromatic N) is 1. The van der Waals surface area contributed by atoms with Gasteiger partial charge in [0.1, 0.15) is 5.70 Å². The summed E-state index contributed by atoms with van der Waals surface area (Å²) in [6, 6.07) is 17.5. The average Bonchev–Trinajstić information content (AvgIpc) is 2.80. The Morgan fingerprint density at radius 3 is 2.23 bits per heavy atom. The third-order valence-corrected chi connectivity index (χ3v) is 5.76. The van der Waals surface area contributed by atoms with E-state index >= 15 is 0 Å². The van der Waals surface area contributed by atoms with Crippen molar-refractivity contribution >= 4 is 52.1 Å². The van der Waals surface area contributed by atoms with Crippen LogP contribution in [0.1, 0.15) is 21.5 Å². The molecule has 3 rings (SSSR count). The molecule has 4 nitrogen and oxygen atoms in total. The fourth-order valence-electron chi connectivity index (χ4n) is 3.01. The number of carbonyl (C=O) groups is 1. The zero-order valence-corrected chi connectivity index (χ0v) is 20.3. The highest BCUT2D eigenvalue weighted by Crippen LogP contribution is 2.27. The molecule has 0 saturated carbocycles. The largest absolute Gasteiger partial charge is 0.430 e. The van der Waals surface area contributed by atoms with Crippen molar-refractivity contribution in [2.75, 3.05) is 6.54 Å². The van der Waals surface area contributed by atoms with Crippen molar-refractivity contribution in [1.29, 1.82) is 0 Å². The maximum absolute atomic E-state index is 13.1. The lowest BCUT2D eigenvalue weighted by Gasteiger charge is -2.10. The van der Waals surface area contributed by atoms with E-state index in [1.54, 1.807) is 42.5 Å². The van der Waals surface area contributed by atoms with E-state index in [2.05, 4.69) is 10.3 Å². The van der Waals surface area contributed by atoms with Crippen LogP contribution in [0.15, 0.2) is 83.5 Å². The van der Waals surface area contributed by atoms with Crippen LogP contribution in [0.2, 0.25) is 15.1 Å². The molecule has 3 N–H and O–H groups in total. The molecule has 3 aromatic rings. The first-order valence-corrected chi connectivity index (χ1v) is 11.4. The molecule has 0 aliphatic heterocycles. The molecule has 35 heavy (non-hydrogen) atoms. The number of halogens is 6. The molecule has 3 aromatic carbocycles. The molecule has 0 atom stereocenters. The van der Waals surface area contributed by atoms with Crippen LogP contribution in [-0.2, 0) is 6.42 Å². The van der Waals surface area contributed by atoms with E-state index in [0.717, 1.165) is 11.6 Å². The number of alkyl halides is 3. The molecule has 0 saturated heterocycles. The second-order valence-corrected chi connectivity index (χ2v) is 8.62. The molecule has 0 aliphatic rings. The lowest BCUT2D eigenvalue weighted by Crippen LogP contribution is -2.25. The summed E-state index contributed by atoms with van der Waals surface area (Å²) >= 11 is 18.1. The first-order valence-electron chi connectivity index (χ1n) is 10.2. The van der Waals surface area contributed by atoms with Crippen molar-refractivity contribution in [3.63, 3.8) is 0 Å². The van der Waals surface area contributed by atoms with Crippen molar-refractivity contribution in [3.8, 4) is 0 Å². The van der Waals surface area contributed by atoms with Crippen LogP contribution in [0, 0.1) is 0 Å². The number of nitrogens with one attached hydrogen (secondary N) is 1. The smallest absolute Gasteiger partial charge is 0.395 e. The fourth-order valence-corrected chi connectivity index (χ4v) is 3.69. The number of para-hydroxylation sites is 1. The van der Waals surface area contributed by atoms with Gasteiger partial charge in [-0.05, 0) is 54.5 Å². The minimum absolute atomic E-state index is 0.0581. The van der Waals surface area contributed by atoms with Crippen molar-refractivity contribution in [3.05, 3.63) is 110 Å². The van der Waals surface area contributed by atoms with Gasteiger partial charge in [-0.25, -0.2) is 4.99 Å². The molecule has 0 heterocycles. The molecular formula is C25H19Cl3F3N3O.